The average Bonchev–Trinajstić information content (AvgIpc) is 2.69. The lowest BCUT2D eigenvalue weighted by Gasteiger charge is -2.15. The lowest BCUT2D eigenvalue weighted by molar-refractivity contribution is 0.0901. The van der Waals surface area contributed by atoms with E-state index in [1.807, 2.05) is 0 Å². The fraction of sp³-hybridized carbons (Fsp3) is 0.417. The third kappa shape index (κ3) is 3.47. The van der Waals surface area contributed by atoms with E-state index in [0.717, 1.165) is 0 Å². The number of amides is 1. The number of benzene rings is 1. The molecule has 1 aromatic carbocycles. The molecule has 1 fully saturated rings. The quantitative estimate of drug-likeness (QED) is 0.622. The van der Waals surface area contributed by atoms with Crippen molar-refractivity contribution in [3.05, 3.63) is 29.8 Å². The van der Waals surface area contributed by atoms with Crippen LogP contribution in [-0.4, -0.2) is 50.2 Å². The molecule has 1 aliphatic heterocycles. The van der Waals surface area contributed by atoms with E-state index in [9.17, 15) is 18.3 Å². The number of hydrogen-bond acceptors (Lipinski definition) is 6. The Labute approximate surface area is 116 Å². The summed E-state index contributed by atoms with van der Waals surface area (Å²) in [5, 5.41) is 9.57. The number of nitrogens with one attached hydrogen (secondary N) is 2. The van der Waals surface area contributed by atoms with Gasteiger partial charge in [0.15, 0.2) is 9.84 Å². The maximum absolute atomic E-state index is 11.8. The Hall–Kier alpha value is -1.64. The molecule has 7 nitrogen and oxygen atoms in total. The smallest absolute Gasteiger partial charge is 0.265 e. The van der Waals surface area contributed by atoms with Gasteiger partial charge in [-0.2, -0.15) is 0 Å². The number of sulfone groups is 1. The Kier molecular flexibility index (Phi) is 4.26. The van der Waals surface area contributed by atoms with Crippen molar-refractivity contribution in [2.45, 2.75) is 12.1 Å². The molecule has 1 aliphatic rings. The van der Waals surface area contributed by atoms with Crippen molar-refractivity contribution < 1.29 is 23.1 Å². The number of carbonyl (C=O) groups is 1. The van der Waals surface area contributed by atoms with Gasteiger partial charge < -0.3 is 9.84 Å². The fourth-order valence-electron chi connectivity index (χ4n) is 1.94. The van der Waals surface area contributed by atoms with Gasteiger partial charge in [0.2, 0.25) is 0 Å². The van der Waals surface area contributed by atoms with E-state index in [1.54, 1.807) is 24.3 Å². The summed E-state index contributed by atoms with van der Waals surface area (Å²) in [6, 6.07) is 5.75. The van der Waals surface area contributed by atoms with Crippen LogP contribution in [0.5, 0.6) is 5.75 Å². The largest absolute Gasteiger partial charge is 0.497 e. The van der Waals surface area contributed by atoms with Crippen LogP contribution >= 0.6 is 0 Å². The summed E-state index contributed by atoms with van der Waals surface area (Å²) in [4.78, 5) is 11.8. The minimum absolute atomic E-state index is 0.197. The lowest BCUT2D eigenvalue weighted by Crippen LogP contribution is -2.49. The number of aliphatic hydroxyl groups is 1. The summed E-state index contributed by atoms with van der Waals surface area (Å²) in [5.41, 5.74) is 5.34. The van der Waals surface area contributed by atoms with Gasteiger partial charge >= 0.3 is 0 Å². The van der Waals surface area contributed by atoms with E-state index in [0.29, 0.717) is 11.3 Å². The van der Waals surface area contributed by atoms with Gasteiger partial charge in [-0.15, -0.1) is 0 Å². The minimum atomic E-state index is -3.25. The lowest BCUT2D eigenvalue weighted by atomic mass is 10.2. The van der Waals surface area contributed by atoms with Gasteiger partial charge in [-0.1, -0.05) is 0 Å². The van der Waals surface area contributed by atoms with Crippen LogP contribution in [0.4, 0.5) is 0 Å². The van der Waals surface area contributed by atoms with E-state index >= 15 is 0 Å². The first-order valence-corrected chi connectivity index (χ1v) is 7.82. The molecule has 0 saturated carbocycles. The zero-order valence-electron chi connectivity index (χ0n) is 10.9. The van der Waals surface area contributed by atoms with Crippen LogP contribution in [0.2, 0.25) is 0 Å². The number of methoxy groups -OCH3 is 1. The molecule has 0 aromatic heterocycles. The minimum Gasteiger partial charge on any atom is -0.497 e. The molecule has 8 heteroatoms. The monoisotopic (exact) mass is 300 g/mol. The SMILES string of the molecule is COc1ccc(C(=O)NNC2CS(=O)(=O)CC2O)cc1. The van der Waals surface area contributed by atoms with Crippen molar-refractivity contribution >= 4 is 15.7 Å². The first-order chi connectivity index (χ1) is 9.41. The zero-order chi connectivity index (χ0) is 14.8. The van der Waals surface area contributed by atoms with Crippen LogP contribution in [0.3, 0.4) is 0 Å². The predicted octanol–water partition coefficient (Wildman–Crippen LogP) is -0.912. The zero-order valence-corrected chi connectivity index (χ0v) is 11.7. The van der Waals surface area contributed by atoms with Crippen molar-refractivity contribution in [1.82, 2.24) is 10.9 Å². The molecule has 0 bridgehead atoms. The van der Waals surface area contributed by atoms with E-state index in [1.165, 1.54) is 7.11 Å². The normalized spacial score (nSPS) is 24.3. The Morgan fingerprint density at radius 3 is 2.45 bits per heavy atom. The Morgan fingerprint density at radius 2 is 1.95 bits per heavy atom. The van der Waals surface area contributed by atoms with Crippen LogP contribution in [-0.2, 0) is 9.84 Å². The van der Waals surface area contributed by atoms with Crippen LogP contribution in [0.15, 0.2) is 24.3 Å². The van der Waals surface area contributed by atoms with Gasteiger partial charge in [0, 0.05) is 5.56 Å². The van der Waals surface area contributed by atoms with Crippen molar-refractivity contribution in [3.63, 3.8) is 0 Å². The fourth-order valence-corrected chi connectivity index (χ4v) is 3.68. The molecule has 1 aromatic rings. The molecule has 0 spiro atoms. The molecule has 110 valence electrons. The Morgan fingerprint density at radius 1 is 1.30 bits per heavy atom. The molecule has 20 heavy (non-hydrogen) atoms. The highest BCUT2D eigenvalue weighted by atomic mass is 32.2. The molecule has 2 atom stereocenters. The molecule has 2 unspecified atom stereocenters. The Bertz CT molecular complexity index is 584. The highest BCUT2D eigenvalue weighted by Crippen LogP contribution is 2.13. The standard InChI is InChI=1S/C12H16N2O5S/c1-19-9-4-2-8(3-5-9)12(16)14-13-10-6-20(17,18)7-11(10)15/h2-5,10-11,13,15H,6-7H2,1H3,(H,14,16). The maximum Gasteiger partial charge on any atom is 0.265 e. The van der Waals surface area contributed by atoms with E-state index in [-0.39, 0.29) is 11.5 Å². The maximum atomic E-state index is 11.8. The van der Waals surface area contributed by atoms with E-state index < -0.39 is 27.9 Å². The molecular formula is C12H16N2O5S. The van der Waals surface area contributed by atoms with Gasteiger partial charge in [0.25, 0.3) is 5.91 Å². The highest BCUT2D eigenvalue weighted by Gasteiger charge is 2.36. The van der Waals surface area contributed by atoms with Crippen LogP contribution < -0.4 is 15.6 Å². The van der Waals surface area contributed by atoms with Crippen LogP contribution in [0.25, 0.3) is 0 Å². The second-order valence-corrected chi connectivity index (χ2v) is 6.73. The van der Waals surface area contributed by atoms with Crippen molar-refractivity contribution in [2.24, 2.45) is 0 Å². The topological polar surface area (TPSA) is 105 Å². The summed E-state index contributed by atoms with van der Waals surface area (Å²) >= 11 is 0. The van der Waals surface area contributed by atoms with Crippen LogP contribution in [0.1, 0.15) is 10.4 Å². The van der Waals surface area contributed by atoms with Gasteiger partial charge in [0.05, 0.1) is 30.8 Å². The molecule has 2 rings (SSSR count). The van der Waals surface area contributed by atoms with Crippen molar-refractivity contribution in [2.75, 3.05) is 18.6 Å². The summed E-state index contributed by atoms with van der Waals surface area (Å²) in [6.07, 6.45) is -1.02. The number of carbonyl (C=O) groups excluding carboxylic acids is 1. The van der Waals surface area contributed by atoms with Crippen molar-refractivity contribution in [3.8, 4) is 5.75 Å². The molecular weight excluding hydrogens is 284 g/mol. The number of ether oxygens (including phenoxy) is 1. The Balaban J connectivity index is 1.92. The number of hydrogen-bond donors (Lipinski definition) is 3. The van der Waals surface area contributed by atoms with E-state index in [4.69, 9.17) is 4.74 Å². The molecule has 0 aliphatic carbocycles. The van der Waals surface area contributed by atoms with Gasteiger partial charge in [-0.25, -0.2) is 13.8 Å². The number of rotatable bonds is 4. The number of hydrazine groups is 1. The van der Waals surface area contributed by atoms with Crippen LogP contribution in [0, 0.1) is 0 Å². The molecule has 1 saturated heterocycles. The summed E-state index contributed by atoms with van der Waals surface area (Å²) < 4.78 is 27.6. The third-order valence-corrected chi connectivity index (χ3v) is 4.76. The summed E-state index contributed by atoms with van der Waals surface area (Å²) in [5.74, 6) is -0.267. The molecule has 0 radical (unpaired) electrons. The average molecular weight is 300 g/mol. The molecule has 3 N–H and O–H groups in total. The summed E-state index contributed by atoms with van der Waals surface area (Å²) in [6.45, 7) is 0. The van der Waals surface area contributed by atoms with Gasteiger partial charge in [0.1, 0.15) is 5.75 Å². The summed E-state index contributed by atoms with van der Waals surface area (Å²) in [7, 11) is -1.72. The molecule has 1 amide bonds. The second-order valence-electron chi connectivity index (χ2n) is 4.58. The van der Waals surface area contributed by atoms with Gasteiger partial charge in [-0.3, -0.25) is 10.2 Å². The number of aliphatic hydroxyl groups excluding tert-OH is 1. The second kappa shape index (κ2) is 5.78. The predicted molar refractivity (Wildman–Crippen MR) is 72.0 cm³/mol. The third-order valence-electron chi connectivity index (χ3n) is 3.05. The van der Waals surface area contributed by atoms with Gasteiger partial charge in [-0.05, 0) is 24.3 Å². The molecule has 1 heterocycles. The first-order valence-electron chi connectivity index (χ1n) is 6.00. The van der Waals surface area contributed by atoms with Crippen molar-refractivity contribution in [1.29, 1.82) is 0 Å². The van der Waals surface area contributed by atoms with E-state index in [2.05, 4.69) is 10.9 Å². The first kappa shape index (κ1) is 14.8. The highest BCUT2D eigenvalue weighted by molar-refractivity contribution is 7.91.